The van der Waals surface area contributed by atoms with Gasteiger partial charge in [-0.3, -0.25) is 4.90 Å². The fraction of sp³-hybridized carbons (Fsp3) is 0.500. The van der Waals surface area contributed by atoms with E-state index >= 15 is 0 Å². The highest BCUT2D eigenvalue weighted by molar-refractivity contribution is 7.80. The third-order valence-electron chi connectivity index (χ3n) is 3.40. The molecule has 0 radical (unpaired) electrons. The number of nitrogens with two attached hydrogens (primary N) is 1. The number of rotatable bonds is 3. The molecule has 2 nitrogen and oxygen atoms in total. The van der Waals surface area contributed by atoms with Crippen molar-refractivity contribution in [2.24, 2.45) is 5.73 Å². The van der Waals surface area contributed by atoms with Crippen molar-refractivity contribution in [3.05, 3.63) is 35.1 Å². The molecule has 0 atom stereocenters. The summed E-state index contributed by atoms with van der Waals surface area (Å²) in [5.74, 6) is -0.331. The Kier molecular flexibility index (Phi) is 4.66. The zero-order valence-corrected chi connectivity index (χ0v) is 11.3. The van der Waals surface area contributed by atoms with Crippen molar-refractivity contribution in [2.75, 3.05) is 13.1 Å². The molecule has 0 saturated carbocycles. The van der Waals surface area contributed by atoms with Crippen LogP contribution in [0.25, 0.3) is 0 Å². The van der Waals surface area contributed by atoms with Gasteiger partial charge >= 0.3 is 0 Å². The van der Waals surface area contributed by atoms with Gasteiger partial charge in [-0.1, -0.05) is 31.1 Å². The third-order valence-corrected chi connectivity index (χ3v) is 3.62. The van der Waals surface area contributed by atoms with Crippen LogP contribution in [-0.2, 0) is 6.54 Å². The SMILES string of the molecule is NC(=S)c1cc(CN2CCCCCC2)ccc1F. The van der Waals surface area contributed by atoms with E-state index in [1.165, 1.54) is 31.7 Å². The van der Waals surface area contributed by atoms with Crippen molar-refractivity contribution < 1.29 is 4.39 Å². The Bertz CT molecular complexity index is 426. The van der Waals surface area contributed by atoms with Crippen molar-refractivity contribution in [1.82, 2.24) is 4.90 Å². The van der Waals surface area contributed by atoms with Crippen molar-refractivity contribution in [1.29, 1.82) is 0 Å². The number of thiocarbonyl (C=S) groups is 1. The Hall–Kier alpha value is -1.00. The molecule has 0 unspecified atom stereocenters. The van der Waals surface area contributed by atoms with Crippen LogP contribution in [0.4, 0.5) is 4.39 Å². The minimum atomic E-state index is -0.331. The van der Waals surface area contributed by atoms with Gasteiger partial charge in [-0.2, -0.15) is 0 Å². The van der Waals surface area contributed by atoms with Gasteiger partial charge in [0.05, 0.1) is 0 Å². The highest BCUT2D eigenvalue weighted by atomic mass is 32.1. The number of likely N-dealkylation sites (tertiary alicyclic amines) is 1. The number of hydrogen-bond acceptors (Lipinski definition) is 2. The second kappa shape index (κ2) is 6.25. The fourth-order valence-corrected chi connectivity index (χ4v) is 2.57. The highest BCUT2D eigenvalue weighted by Gasteiger charge is 2.11. The molecule has 0 aromatic heterocycles. The van der Waals surface area contributed by atoms with Crippen LogP contribution >= 0.6 is 12.2 Å². The number of hydrogen-bond donors (Lipinski definition) is 1. The molecule has 2 N–H and O–H groups in total. The van der Waals surface area contributed by atoms with E-state index in [-0.39, 0.29) is 10.8 Å². The van der Waals surface area contributed by atoms with E-state index in [1.54, 1.807) is 6.07 Å². The first-order chi connectivity index (χ1) is 8.66. The summed E-state index contributed by atoms with van der Waals surface area (Å²) in [7, 11) is 0. The summed E-state index contributed by atoms with van der Waals surface area (Å²) in [5, 5.41) is 0. The molecule has 0 spiro atoms. The molecule has 2 rings (SSSR count). The molecule has 0 aliphatic carbocycles. The molecule has 18 heavy (non-hydrogen) atoms. The van der Waals surface area contributed by atoms with E-state index in [1.807, 2.05) is 6.07 Å². The second-order valence-corrected chi connectivity index (χ2v) is 5.31. The molecule has 1 saturated heterocycles. The van der Waals surface area contributed by atoms with Gasteiger partial charge in [0.25, 0.3) is 0 Å². The molecule has 4 heteroatoms. The van der Waals surface area contributed by atoms with E-state index in [2.05, 4.69) is 4.90 Å². The van der Waals surface area contributed by atoms with Gasteiger partial charge in [0.2, 0.25) is 0 Å². The van der Waals surface area contributed by atoms with Crippen molar-refractivity contribution in [3.63, 3.8) is 0 Å². The largest absolute Gasteiger partial charge is 0.389 e. The Balaban J connectivity index is 2.08. The minimum absolute atomic E-state index is 0.130. The van der Waals surface area contributed by atoms with Crippen LogP contribution in [0, 0.1) is 5.82 Å². The van der Waals surface area contributed by atoms with E-state index in [0.29, 0.717) is 5.56 Å². The van der Waals surface area contributed by atoms with E-state index < -0.39 is 0 Å². The van der Waals surface area contributed by atoms with Crippen molar-refractivity contribution in [2.45, 2.75) is 32.2 Å². The maximum absolute atomic E-state index is 13.5. The first-order valence-electron chi connectivity index (χ1n) is 6.47. The molecule has 0 amide bonds. The Morgan fingerprint density at radius 1 is 1.22 bits per heavy atom. The number of benzene rings is 1. The first-order valence-corrected chi connectivity index (χ1v) is 6.88. The average molecular weight is 266 g/mol. The summed E-state index contributed by atoms with van der Waals surface area (Å²) >= 11 is 4.86. The van der Waals surface area contributed by atoms with E-state index in [4.69, 9.17) is 18.0 Å². The smallest absolute Gasteiger partial charge is 0.133 e. The first kappa shape index (κ1) is 13.4. The Labute approximate surface area is 113 Å². The fourth-order valence-electron chi connectivity index (χ4n) is 2.41. The van der Waals surface area contributed by atoms with Gasteiger partial charge in [-0.05, 0) is 43.6 Å². The molecule has 0 bridgehead atoms. The zero-order valence-electron chi connectivity index (χ0n) is 10.5. The van der Waals surface area contributed by atoms with Gasteiger partial charge < -0.3 is 5.73 Å². The topological polar surface area (TPSA) is 29.3 Å². The molecule has 1 aromatic carbocycles. The summed E-state index contributed by atoms with van der Waals surface area (Å²) in [5.41, 5.74) is 6.96. The minimum Gasteiger partial charge on any atom is -0.389 e. The molecule has 1 aromatic rings. The Morgan fingerprint density at radius 3 is 2.50 bits per heavy atom. The predicted molar refractivity (Wildman–Crippen MR) is 76.0 cm³/mol. The maximum atomic E-state index is 13.5. The van der Waals surface area contributed by atoms with Gasteiger partial charge in [0, 0.05) is 12.1 Å². The van der Waals surface area contributed by atoms with Gasteiger partial charge in [-0.15, -0.1) is 0 Å². The number of halogens is 1. The normalized spacial score (nSPS) is 17.4. The van der Waals surface area contributed by atoms with Crippen molar-refractivity contribution in [3.8, 4) is 0 Å². The summed E-state index contributed by atoms with van der Waals surface area (Å²) in [4.78, 5) is 2.55. The molecular weight excluding hydrogens is 247 g/mol. The molecule has 1 heterocycles. The van der Waals surface area contributed by atoms with E-state index in [0.717, 1.165) is 25.2 Å². The summed E-state index contributed by atoms with van der Waals surface area (Å²) in [6.07, 6.45) is 5.14. The van der Waals surface area contributed by atoms with Gasteiger partial charge in [0.15, 0.2) is 0 Å². The van der Waals surface area contributed by atoms with Crippen molar-refractivity contribution >= 4 is 17.2 Å². The van der Waals surface area contributed by atoms with Crippen LogP contribution in [0.5, 0.6) is 0 Å². The molecule has 98 valence electrons. The number of nitrogens with zero attached hydrogens (tertiary/aromatic N) is 1. The highest BCUT2D eigenvalue weighted by Crippen LogP contribution is 2.16. The summed E-state index contributed by atoms with van der Waals surface area (Å²) < 4.78 is 13.5. The monoisotopic (exact) mass is 266 g/mol. The van der Waals surface area contributed by atoms with Gasteiger partial charge in [0.1, 0.15) is 10.8 Å². The second-order valence-electron chi connectivity index (χ2n) is 4.87. The zero-order chi connectivity index (χ0) is 13.0. The summed E-state index contributed by atoms with van der Waals surface area (Å²) in [6, 6.07) is 5.06. The summed E-state index contributed by atoms with van der Waals surface area (Å²) in [6.45, 7) is 3.11. The predicted octanol–water partition coefficient (Wildman–Crippen LogP) is 2.84. The molecular formula is C14H19FN2S. The van der Waals surface area contributed by atoms with Crippen LogP contribution in [0.15, 0.2) is 18.2 Å². The van der Waals surface area contributed by atoms with Gasteiger partial charge in [-0.25, -0.2) is 4.39 Å². The molecule has 1 fully saturated rings. The van der Waals surface area contributed by atoms with Crippen LogP contribution in [0.2, 0.25) is 0 Å². The standard InChI is InChI=1S/C14H19FN2S/c15-13-6-5-11(9-12(13)14(16)18)10-17-7-3-1-2-4-8-17/h5-6,9H,1-4,7-8,10H2,(H2,16,18). The Morgan fingerprint density at radius 2 is 1.89 bits per heavy atom. The lowest BCUT2D eigenvalue weighted by Gasteiger charge is -2.20. The van der Waals surface area contributed by atoms with Crippen LogP contribution in [-0.4, -0.2) is 23.0 Å². The third kappa shape index (κ3) is 3.50. The van der Waals surface area contributed by atoms with Crippen LogP contribution < -0.4 is 5.73 Å². The van der Waals surface area contributed by atoms with Crippen LogP contribution in [0.1, 0.15) is 36.8 Å². The van der Waals surface area contributed by atoms with Crippen LogP contribution in [0.3, 0.4) is 0 Å². The molecule has 1 aliphatic rings. The lowest BCUT2D eigenvalue weighted by molar-refractivity contribution is 0.277. The quantitative estimate of drug-likeness (QED) is 0.853. The van der Waals surface area contributed by atoms with E-state index in [9.17, 15) is 4.39 Å². The lowest BCUT2D eigenvalue weighted by Crippen LogP contribution is -2.24. The lowest BCUT2D eigenvalue weighted by atomic mass is 10.1. The molecule has 1 aliphatic heterocycles. The average Bonchev–Trinajstić information content (AvgIpc) is 2.60. The maximum Gasteiger partial charge on any atom is 0.133 e.